The molecule has 1 atom stereocenters. The molecule has 0 bridgehead atoms. The summed E-state index contributed by atoms with van der Waals surface area (Å²) in [6, 6.07) is 17.9. The van der Waals surface area contributed by atoms with Crippen molar-refractivity contribution in [1.29, 1.82) is 0 Å². The molecule has 6 nitrogen and oxygen atoms in total. The van der Waals surface area contributed by atoms with Gasteiger partial charge in [-0.2, -0.15) is 0 Å². The Balaban J connectivity index is 1.38. The average molecular weight is 519 g/mol. The lowest BCUT2D eigenvalue weighted by atomic mass is 10.1. The smallest absolute Gasteiger partial charge is 0.243 e. The van der Waals surface area contributed by atoms with Crippen LogP contribution in [0.3, 0.4) is 0 Å². The Morgan fingerprint density at radius 1 is 1.03 bits per heavy atom. The monoisotopic (exact) mass is 517 g/mol. The van der Waals surface area contributed by atoms with E-state index in [9.17, 15) is 9.59 Å². The van der Waals surface area contributed by atoms with Crippen molar-refractivity contribution in [1.82, 2.24) is 5.43 Å². The van der Waals surface area contributed by atoms with Crippen LogP contribution in [0.4, 0.5) is 11.4 Å². The van der Waals surface area contributed by atoms with Crippen molar-refractivity contribution in [3.8, 4) is 5.75 Å². The first-order valence-electron chi connectivity index (χ1n) is 10.6. The van der Waals surface area contributed by atoms with Crippen molar-refractivity contribution in [2.24, 2.45) is 5.92 Å². The van der Waals surface area contributed by atoms with Gasteiger partial charge in [0, 0.05) is 23.7 Å². The quantitative estimate of drug-likeness (QED) is 0.375. The molecule has 1 saturated heterocycles. The highest BCUT2D eigenvalue weighted by Gasteiger charge is 2.35. The summed E-state index contributed by atoms with van der Waals surface area (Å²) in [5.74, 6) is -0.378. The van der Waals surface area contributed by atoms with Crippen LogP contribution in [0.2, 0.25) is 15.1 Å². The predicted molar refractivity (Wildman–Crippen MR) is 136 cm³/mol. The minimum Gasteiger partial charge on any atom is -0.487 e. The number of anilines is 2. The summed E-state index contributed by atoms with van der Waals surface area (Å²) >= 11 is 18.2. The number of ether oxygens (including phenoxy) is 1. The molecule has 176 valence electrons. The second-order valence-electron chi connectivity index (χ2n) is 8.03. The van der Waals surface area contributed by atoms with Crippen molar-refractivity contribution >= 4 is 58.0 Å². The minimum atomic E-state index is -0.485. The normalized spacial score (nSPS) is 15.4. The van der Waals surface area contributed by atoms with Crippen molar-refractivity contribution in [3.05, 3.63) is 86.9 Å². The third kappa shape index (κ3) is 5.76. The van der Waals surface area contributed by atoms with Crippen molar-refractivity contribution in [2.45, 2.75) is 20.0 Å². The first-order chi connectivity index (χ1) is 16.3. The van der Waals surface area contributed by atoms with Crippen LogP contribution in [-0.4, -0.2) is 18.4 Å². The van der Waals surface area contributed by atoms with Gasteiger partial charge in [0.25, 0.3) is 0 Å². The third-order valence-electron chi connectivity index (χ3n) is 5.48. The molecule has 0 radical (unpaired) electrons. The fraction of sp³-hybridized carbons (Fsp3) is 0.200. The molecule has 0 aromatic heterocycles. The summed E-state index contributed by atoms with van der Waals surface area (Å²) < 4.78 is 5.90. The number of nitrogens with zero attached hydrogens (tertiary/aromatic N) is 1. The topological polar surface area (TPSA) is 70.7 Å². The average Bonchev–Trinajstić information content (AvgIpc) is 3.21. The van der Waals surface area contributed by atoms with Gasteiger partial charge in [-0.05, 0) is 55.0 Å². The zero-order valence-corrected chi connectivity index (χ0v) is 20.5. The second-order valence-corrected chi connectivity index (χ2v) is 9.28. The van der Waals surface area contributed by atoms with E-state index in [0.29, 0.717) is 33.0 Å². The van der Waals surface area contributed by atoms with Gasteiger partial charge in [0.15, 0.2) is 0 Å². The summed E-state index contributed by atoms with van der Waals surface area (Å²) in [5, 5.41) is 1.38. The molecule has 1 heterocycles. The van der Waals surface area contributed by atoms with Crippen LogP contribution < -0.4 is 20.5 Å². The standard InChI is InChI=1S/C25H22Cl3N3O3/c1-15-2-6-19(7-3-15)31-13-17(11-24(31)32)25(33)30-29-22-12-18(26)5-9-23(22)34-14-16-4-8-20(27)21(28)10-16/h2-10,12,17,29H,11,13-14H2,1H3,(H,30,33)/t17-/m0/s1. The number of hydrogen-bond acceptors (Lipinski definition) is 4. The van der Waals surface area contributed by atoms with E-state index in [4.69, 9.17) is 39.5 Å². The van der Waals surface area contributed by atoms with Crippen molar-refractivity contribution in [3.63, 3.8) is 0 Å². The van der Waals surface area contributed by atoms with E-state index >= 15 is 0 Å². The van der Waals surface area contributed by atoms with Gasteiger partial charge in [0.1, 0.15) is 12.4 Å². The van der Waals surface area contributed by atoms with Crippen LogP contribution in [0.25, 0.3) is 0 Å². The number of hydrazine groups is 1. The fourth-order valence-electron chi connectivity index (χ4n) is 3.60. The molecule has 0 spiro atoms. The lowest BCUT2D eigenvalue weighted by molar-refractivity contribution is -0.125. The maximum atomic E-state index is 12.8. The Morgan fingerprint density at radius 3 is 2.53 bits per heavy atom. The molecule has 3 aromatic carbocycles. The molecule has 1 fully saturated rings. The summed E-state index contributed by atoms with van der Waals surface area (Å²) in [6.45, 7) is 2.53. The van der Waals surface area contributed by atoms with Crippen LogP contribution in [0.1, 0.15) is 17.5 Å². The van der Waals surface area contributed by atoms with E-state index in [2.05, 4.69) is 10.9 Å². The number of benzene rings is 3. The number of rotatable bonds is 7. The minimum absolute atomic E-state index is 0.0857. The van der Waals surface area contributed by atoms with Gasteiger partial charge < -0.3 is 9.64 Å². The van der Waals surface area contributed by atoms with Crippen molar-refractivity contribution in [2.75, 3.05) is 16.9 Å². The second kappa shape index (κ2) is 10.6. The lowest BCUT2D eigenvalue weighted by Gasteiger charge is -2.18. The van der Waals surface area contributed by atoms with E-state index in [1.165, 1.54) is 0 Å². The number of halogens is 3. The van der Waals surface area contributed by atoms with Crippen LogP contribution in [0.15, 0.2) is 60.7 Å². The van der Waals surface area contributed by atoms with E-state index in [0.717, 1.165) is 16.8 Å². The zero-order chi connectivity index (χ0) is 24.2. The highest BCUT2D eigenvalue weighted by Crippen LogP contribution is 2.30. The summed E-state index contributed by atoms with van der Waals surface area (Å²) in [4.78, 5) is 26.9. The molecular weight excluding hydrogens is 497 g/mol. The first-order valence-corrected chi connectivity index (χ1v) is 11.7. The Morgan fingerprint density at radius 2 is 1.79 bits per heavy atom. The first kappa shape index (κ1) is 24.2. The predicted octanol–water partition coefficient (Wildman–Crippen LogP) is 6.03. The molecule has 4 rings (SSSR count). The third-order valence-corrected chi connectivity index (χ3v) is 6.46. The molecule has 9 heteroatoms. The lowest BCUT2D eigenvalue weighted by Crippen LogP contribution is -2.36. The van der Waals surface area contributed by atoms with Gasteiger partial charge in [-0.1, -0.05) is 58.6 Å². The van der Waals surface area contributed by atoms with Gasteiger partial charge in [0.05, 0.1) is 21.7 Å². The number of nitrogens with one attached hydrogen (secondary N) is 2. The highest BCUT2D eigenvalue weighted by molar-refractivity contribution is 6.42. The van der Waals surface area contributed by atoms with Gasteiger partial charge in [-0.25, -0.2) is 0 Å². The van der Waals surface area contributed by atoms with Gasteiger partial charge in [-0.3, -0.25) is 20.4 Å². The van der Waals surface area contributed by atoms with E-state index in [1.807, 2.05) is 37.3 Å². The van der Waals surface area contributed by atoms with Gasteiger partial charge in [-0.15, -0.1) is 0 Å². The maximum Gasteiger partial charge on any atom is 0.243 e. The molecule has 1 aliphatic rings. The van der Waals surface area contributed by atoms with E-state index in [-0.39, 0.29) is 24.8 Å². The molecular formula is C25H22Cl3N3O3. The molecule has 0 aliphatic carbocycles. The van der Waals surface area contributed by atoms with Crippen LogP contribution in [0.5, 0.6) is 5.75 Å². The highest BCUT2D eigenvalue weighted by atomic mass is 35.5. The summed E-state index contributed by atoms with van der Waals surface area (Å²) in [5.41, 5.74) is 8.77. The Kier molecular flexibility index (Phi) is 7.51. The summed E-state index contributed by atoms with van der Waals surface area (Å²) in [7, 11) is 0. The molecule has 1 aliphatic heterocycles. The van der Waals surface area contributed by atoms with Crippen molar-refractivity contribution < 1.29 is 14.3 Å². The number of amides is 2. The summed E-state index contributed by atoms with van der Waals surface area (Å²) in [6.07, 6.45) is 0.137. The molecule has 2 N–H and O–H groups in total. The molecule has 3 aromatic rings. The van der Waals surface area contributed by atoms with Crippen LogP contribution in [0, 0.1) is 12.8 Å². The SMILES string of the molecule is Cc1ccc(N2C[C@@H](C(=O)NNc3cc(Cl)ccc3OCc3ccc(Cl)c(Cl)c3)CC2=O)cc1. The molecule has 34 heavy (non-hydrogen) atoms. The van der Waals surface area contributed by atoms with Crippen LogP contribution in [-0.2, 0) is 16.2 Å². The molecule has 0 unspecified atom stereocenters. The number of hydrogen-bond donors (Lipinski definition) is 2. The van der Waals surface area contributed by atoms with Gasteiger partial charge in [0.2, 0.25) is 11.8 Å². The fourth-order valence-corrected chi connectivity index (χ4v) is 4.10. The Bertz CT molecular complexity index is 1220. The maximum absolute atomic E-state index is 12.8. The number of aryl methyl sites for hydroxylation is 1. The molecule has 2 amide bonds. The van der Waals surface area contributed by atoms with Crippen LogP contribution >= 0.6 is 34.8 Å². The largest absolute Gasteiger partial charge is 0.487 e. The van der Waals surface area contributed by atoms with Gasteiger partial charge >= 0.3 is 0 Å². The Labute approximate surface area is 212 Å². The van der Waals surface area contributed by atoms with E-state index < -0.39 is 5.92 Å². The zero-order valence-electron chi connectivity index (χ0n) is 18.3. The number of carbonyl (C=O) groups excluding carboxylic acids is 2. The van der Waals surface area contributed by atoms with E-state index in [1.54, 1.807) is 35.2 Å². The number of carbonyl (C=O) groups is 2. The molecule has 0 saturated carbocycles. The Hall–Kier alpha value is -2.93.